The summed E-state index contributed by atoms with van der Waals surface area (Å²) in [5, 5.41) is 5.36. The number of nitrogens with one attached hydrogen (secondary N) is 2. The molecule has 4 aliphatic rings. The van der Waals surface area contributed by atoms with E-state index in [0.717, 1.165) is 25.8 Å². The number of piperidine rings is 3. The smallest absolute Gasteiger partial charge is 0.255 e. The second-order valence-electron chi connectivity index (χ2n) is 9.32. The number of rotatable bonds is 3. The Bertz CT molecular complexity index is 947. The molecule has 0 radical (unpaired) electrons. The van der Waals surface area contributed by atoms with Gasteiger partial charge in [-0.25, -0.2) is 8.78 Å². The lowest BCUT2D eigenvalue weighted by molar-refractivity contribution is -0.136. The highest BCUT2D eigenvalue weighted by molar-refractivity contribution is 6.05. The Morgan fingerprint density at radius 1 is 1.03 bits per heavy atom. The highest BCUT2D eigenvalue weighted by atomic mass is 19.1. The van der Waals surface area contributed by atoms with Gasteiger partial charge in [-0.3, -0.25) is 19.7 Å². The van der Waals surface area contributed by atoms with Crippen LogP contribution in [0.15, 0.2) is 12.1 Å². The molecule has 7 nitrogen and oxygen atoms in total. The van der Waals surface area contributed by atoms with Crippen molar-refractivity contribution in [3.05, 3.63) is 29.1 Å². The number of anilines is 1. The average Bonchev–Trinajstić information content (AvgIpc) is 3.12. The van der Waals surface area contributed by atoms with Crippen LogP contribution in [0, 0.1) is 17.7 Å². The number of carbonyl (C=O) groups excluding carboxylic acids is 3. The van der Waals surface area contributed by atoms with Crippen LogP contribution in [0.2, 0.25) is 0 Å². The summed E-state index contributed by atoms with van der Waals surface area (Å²) < 4.78 is 29.8. The molecule has 3 amide bonds. The largest absolute Gasteiger partial charge is 0.369 e. The van der Waals surface area contributed by atoms with Gasteiger partial charge in [-0.2, -0.15) is 0 Å². The molecule has 3 atom stereocenters. The first-order valence-electron chi connectivity index (χ1n) is 11.5. The molecule has 5 rings (SSSR count). The van der Waals surface area contributed by atoms with Crippen molar-refractivity contribution in [1.82, 2.24) is 15.5 Å². The summed E-state index contributed by atoms with van der Waals surface area (Å²) in [5.74, 6) is -1.27. The predicted octanol–water partition coefficient (Wildman–Crippen LogP) is 1.75. The van der Waals surface area contributed by atoms with Crippen molar-refractivity contribution in [3.8, 4) is 0 Å². The Morgan fingerprint density at radius 2 is 1.81 bits per heavy atom. The minimum atomic E-state index is -0.818. The Balaban J connectivity index is 1.29. The third-order valence-corrected chi connectivity index (χ3v) is 7.57. The van der Waals surface area contributed by atoms with Crippen molar-refractivity contribution in [2.45, 2.75) is 50.9 Å². The Labute approximate surface area is 185 Å². The third-order valence-electron chi connectivity index (χ3n) is 7.57. The monoisotopic (exact) mass is 446 g/mol. The summed E-state index contributed by atoms with van der Waals surface area (Å²) in [4.78, 5) is 39.8. The molecule has 32 heavy (non-hydrogen) atoms. The summed E-state index contributed by atoms with van der Waals surface area (Å²) in [7, 11) is 0. The molecular weight excluding hydrogens is 418 g/mol. The lowest BCUT2D eigenvalue weighted by atomic mass is 9.78. The number of fused-ring (bicyclic) bond motifs is 1. The predicted molar refractivity (Wildman–Crippen MR) is 113 cm³/mol. The van der Waals surface area contributed by atoms with Crippen LogP contribution in [-0.4, -0.2) is 61.0 Å². The number of benzene rings is 1. The minimum absolute atomic E-state index is 0.0230. The van der Waals surface area contributed by atoms with E-state index in [9.17, 15) is 18.8 Å². The molecule has 0 aromatic heterocycles. The van der Waals surface area contributed by atoms with Crippen LogP contribution in [0.3, 0.4) is 0 Å². The second-order valence-corrected chi connectivity index (χ2v) is 9.32. The van der Waals surface area contributed by atoms with E-state index in [1.807, 2.05) is 4.90 Å². The van der Waals surface area contributed by atoms with Crippen LogP contribution in [-0.2, 0) is 16.1 Å². The number of halogens is 2. The molecule has 0 aliphatic carbocycles. The number of alkyl halides is 1. The summed E-state index contributed by atoms with van der Waals surface area (Å²) in [6.45, 7) is 2.60. The van der Waals surface area contributed by atoms with Crippen LogP contribution in [0.4, 0.5) is 14.5 Å². The van der Waals surface area contributed by atoms with Gasteiger partial charge >= 0.3 is 0 Å². The number of imide groups is 1. The lowest BCUT2D eigenvalue weighted by Gasteiger charge is -2.40. The fourth-order valence-corrected chi connectivity index (χ4v) is 5.78. The van der Waals surface area contributed by atoms with Crippen molar-refractivity contribution < 1.29 is 23.2 Å². The van der Waals surface area contributed by atoms with Crippen molar-refractivity contribution >= 4 is 23.4 Å². The molecular formula is C23H28F2N4O3. The summed E-state index contributed by atoms with van der Waals surface area (Å²) in [6, 6.07) is 2.52. The van der Waals surface area contributed by atoms with Gasteiger partial charge in [0.25, 0.3) is 5.91 Å². The maximum atomic E-state index is 15.5. The van der Waals surface area contributed by atoms with E-state index in [2.05, 4.69) is 10.6 Å². The summed E-state index contributed by atoms with van der Waals surface area (Å²) >= 11 is 0. The van der Waals surface area contributed by atoms with E-state index in [4.69, 9.17) is 0 Å². The molecule has 0 spiro atoms. The topological polar surface area (TPSA) is 81.8 Å². The van der Waals surface area contributed by atoms with E-state index in [0.29, 0.717) is 36.8 Å². The highest BCUT2D eigenvalue weighted by Crippen LogP contribution is 2.37. The van der Waals surface area contributed by atoms with Crippen LogP contribution in [0.1, 0.15) is 48.0 Å². The molecule has 9 heteroatoms. The summed E-state index contributed by atoms with van der Waals surface area (Å²) in [5.41, 5.74) is 1.05. The maximum absolute atomic E-state index is 15.5. The first-order chi connectivity index (χ1) is 15.4. The molecule has 3 fully saturated rings. The van der Waals surface area contributed by atoms with Gasteiger partial charge in [0, 0.05) is 37.2 Å². The highest BCUT2D eigenvalue weighted by Gasteiger charge is 2.41. The first-order valence-corrected chi connectivity index (χ1v) is 11.5. The number of hydrogen-bond donors (Lipinski definition) is 2. The molecule has 172 valence electrons. The molecule has 2 N–H and O–H groups in total. The van der Waals surface area contributed by atoms with Crippen LogP contribution >= 0.6 is 0 Å². The zero-order valence-corrected chi connectivity index (χ0v) is 17.9. The van der Waals surface area contributed by atoms with Gasteiger partial charge in [0.15, 0.2) is 5.82 Å². The molecule has 3 saturated heterocycles. The normalized spacial score (nSPS) is 29.3. The Kier molecular flexibility index (Phi) is 5.61. The van der Waals surface area contributed by atoms with E-state index in [-0.39, 0.29) is 42.7 Å². The van der Waals surface area contributed by atoms with E-state index in [1.165, 1.54) is 4.90 Å². The van der Waals surface area contributed by atoms with Crippen LogP contribution in [0.5, 0.6) is 0 Å². The van der Waals surface area contributed by atoms with Gasteiger partial charge in [-0.15, -0.1) is 0 Å². The standard InChI is InChI=1S/C23H28F2N4O3/c24-17-11-26-8-5-14(17)13-6-9-28(10-7-13)18-2-1-15-16(21(18)25)12-29(23(15)32)19-3-4-20(30)27-22(19)31/h1-2,13-14,17,19,26H,3-12H2,(H,27,30,31). The molecule has 1 aromatic carbocycles. The fraction of sp³-hybridized carbons (Fsp3) is 0.609. The number of amides is 3. The van der Waals surface area contributed by atoms with Crippen LogP contribution < -0.4 is 15.5 Å². The van der Waals surface area contributed by atoms with E-state index >= 15 is 4.39 Å². The Morgan fingerprint density at radius 3 is 2.53 bits per heavy atom. The minimum Gasteiger partial charge on any atom is -0.369 e. The van der Waals surface area contributed by atoms with Gasteiger partial charge < -0.3 is 15.1 Å². The lowest BCUT2D eigenvalue weighted by Crippen LogP contribution is -2.52. The number of hydrogen-bond acceptors (Lipinski definition) is 5. The number of nitrogens with zero attached hydrogens (tertiary/aromatic N) is 2. The van der Waals surface area contributed by atoms with Gasteiger partial charge in [-0.05, 0) is 56.2 Å². The van der Waals surface area contributed by atoms with Crippen molar-refractivity contribution in [1.29, 1.82) is 0 Å². The van der Waals surface area contributed by atoms with Crippen LogP contribution in [0.25, 0.3) is 0 Å². The molecule has 3 unspecified atom stereocenters. The third kappa shape index (κ3) is 3.66. The van der Waals surface area contributed by atoms with Crippen molar-refractivity contribution in [3.63, 3.8) is 0 Å². The molecule has 4 heterocycles. The maximum Gasteiger partial charge on any atom is 0.255 e. The second kappa shape index (κ2) is 8.42. The van der Waals surface area contributed by atoms with Gasteiger partial charge in [0.05, 0.1) is 12.2 Å². The average molecular weight is 446 g/mol. The van der Waals surface area contributed by atoms with Gasteiger partial charge in [-0.1, -0.05) is 0 Å². The Hall–Kier alpha value is -2.55. The fourth-order valence-electron chi connectivity index (χ4n) is 5.78. The SMILES string of the molecule is O=C1CCC(N2Cc3c(ccc(N4CCC(C5CCNCC5F)CC4)c3F)C2=O)C(=O)N1. The summed E-state index contributed by atoms with van der Waals surface area (Å²) in [6.07, 6.45) is 2.08. The molecule has 4 aliphatic heterocycles. The van der Waals surface area contributed by atoms with Crippen molar-refractivity contribution in [2.24, 2.45) is 11.8 Å². The zero-order valence-electron chi connectivity index (χ0n) is 17.9. The quantitative estimate of drug-likeness (QED) is 0.692. The van der Waals surface area contributed by atoms with Gasteiger partial charge in [0.2, 0.25) is 11.8 Å². The molecule has 0 saturated carbocycles. The molecule has 0 bridgehead atoms. The number of carbonyl (C=O) groups is 3. The molecule has 1 aromatic rings. The van der Waals surface area contributed by atoms with E-state index in [1.54, 1.807) is 12.1 Å². The van der Waals surface area contributed by atoms with Gasteiger partial charge in [0.1, 0.15) is 12.2 Å². The zero-order chi connectivity index (χ0) is 22.4. The van der Waals surface area contributed by atoms with E-state index < -0.39 is 23.9 Å². The first kappa shape index (κ1) is 21.3. The van der Waals surface area contributed by atoms with Crippen molar-refractivity contribution in [2.75, 3.05) is 31.1 Å².